The van der Waals surface area contributed by atoms with Crippen LogP contribution in [0.4, 0.5) is 20.3 Å². The van der Waals surface area contributed by atoms with E-state index in [0.717, 1.165) is 6.07 Å². The Hall–Kier alpha value is -2.36. The van der Waals surface area contributed by atoms with Gasteiger partial charge in [0.15, 0.2) is 11.6 Å². The molecule has 4 N–H and O–H groups in total. The standard InChI is InChI=1S/C16H12BrClF2N4O4/c17-10-1-7(3-21)4-22-15(10)23-14-9(2-11(18)12(19)13(14)20)16(27)24-28-6-8(26)5-25/h1-2,4,8,25-26H,5-6H2,(H,22,23)(H,24,27)/t8-/m1/s1. The summed E-state index contributed by atoms with van der Waals surface area (Å²) in [5.41, 5.74) is 1.14. The van der Waals surface area contributed by atoms with E-state index in [-0.39, 0.29) is 15.9 Å². The Morgan fingerprint density at radius 2 is 2.14 bits per heavy atom. The summed E-state index contributed by atoms with van der Waals surface area (Å²) in [6, 6.07) is 4.13. The van der Waals surface area contributed by atoms with Crippen LogP contribution >= 0.6 is 27.5 Å². The maximum absolute atomic E-state index is 14.4. The van der Waals surface area contributed by atoms with E-state index < -0.39 is 53.1 Å². The van der Waals surface area contributed by atoms with Crippen molar-refractivity contribution in [3.05, 3.63) is 50.6 Å². The first-order valence-electron chi connectivity index (χ1n) is 7.49. The van der Waals surface area contributed by atoms with Crippen molar-refractivity contribution in [3.8, 4) is 6.07 Å². The smallest absolute Gasteiger partial charge is 0.277 e. The Bertz CT molecular complexity index is 942. The molecule has 1 aromatic heterocycles. The number of aliphatic hydroxyl groups is 2. The van der Waals surface area contributed by atoms with Crippen molar-refractivity contribution in [2.75, 3.05) is 18.5 Å². The third kappa shape index (κ3) is 5.12. The average Bonchev–Trinajstić information content (AvgIpc) is 2.68. The lowest BCUT2D eigenvalue weighted by Gasteiger charge is -2.15. The fourth-order valence-electron chi connectivity index (χ4n) is 1.92. The summed E-state index contributed by atoms with van der Waals surface area (Å²) in [7, 11) is 0. The van der Waals surface area contributed by atoms with Gasteiger partial charge in [-0.15, -0.1) is 0 Å². The van der Waals surface area contributed by atoms with Gasteiger partial charge in [0.2, 0.25) is 0 Å². The maximum Gasteiger partial charge on any atom is 0.277 e. The van der Waals surface area contributed by atoms with Crippen LogP contribution in [0.3, 0.4) is 0 Å². The minimum atomic E-state index is -1.44. The Morgan fingerprint density at radius 1 is 1.43 bits per heavy atom. The Kier molecular flexibility index (Phi) is 7.61. The summed E-state index contributed by atoms with van der Waals surface area (Å²) in [5, 5.41) is 28.6. The van der Waals surface area contributed by atoms with Crippen molar-refractivity contribution in [2.24, 2.45) is 0 Å². The average molecular weight is 478 g/mol. The lowest BCUT2D eigenvalue weighted by atomic mass is 10.1. The van der Waals surface area contributed by atoms with Gasteiger partial charge in [0.05, 0.1) is 32.9 Å². The molecular weight excluding hydrogens is 466 g/mol. The number of anilines is 2. The molecule has 12 heteroatoms. The Labute approximate surface area is 170 Å². The quantitative estimate of drug-likeness (QED) is 0.356. The number of carbonyl (C=O) groups excluding carboxylic acids is 1. The van der Waals surface area contributed by atoms with E-state index in [1.165, 1.54) is 12.3 Å². The zero-order chi connectivity index (χ0) is 20.8. The second-order valence-electron chi connectivity index (χ2n) is 5.28. The van der Waals surface area contributed by atoms with Gasteiger partial charge in [-0.3, -0.25) is 9.63 Å². The SMILES string of the molecule is N#Cc1cnc(Nc2c(C(=O)NOC[C@H](O)CO)cc(Cl)c(F)c2F)c(Br)c1. The predicted molar refractivity (Wildman–Crippen MR) is 97.8 cm³/mol. The third-order valence-corrected chi connectivity index (χ3v) is 4.15. The number of nitriles is 1. The zero-order valence-corrected chi connectivity index (χ0v) is 16.2. The van der Waals surface area contributed by atoms with E-state index in [9.17, 15) is 18.7 Å². The molecule has 0 spiro atoms. The number of halogens is 4. The normalized spacial score (nSPS) is 11.6. The van der Waals surface area contributed by atoms with E-state index >= 15 is 0 Å². The molecule has 8 nitrogen and oxygen atoms in total. The van der Waals surface area contributed by atoms with Crippen LogP contribution in [-0.2, 0) is 4.84 Å². The van der Waals surface area contributed by atoms with Crippen LogP contribution in [0, 0.1) is 23.0 Å². The third-order valence-electron chi connectivity index (χ3n) is 3.27. The van der Waals surface area contributed by atoms with E-state index in [2.05, 4.69) is 26.2 Å². The van der Waals surface area contributed by atoms with Gasteiger partial charge >= 0.3 is 0 Å². The summed E-state index contributed by atoms with van der Waals surface area (Å²) >= 11 is 8.75. The van der Waals surface area contributed by atoms with Crippen LogP contribution in [0.25, 0.3) is 0 Å². The molecule has 0 saturated heterocycles. The molecule has 0 saturated carbocycles. The zero-order valence-electron chi connectivity index (χ0n) is 13.8. The number of nitrogens with zero attached hydrogens (tertiary/aromatic N) is 2. The molecule has 0 unspecified atom stereocenters. The van der Waals surface area contributed by atoms with Crippen molar-refractivity contribution in [3.63, 3.8) is 0 Å². The molecule has 0 aliphatic rings. The van der Waals surface area contributed by atoms with Crippen molar-refractivity contribution in [1.82, 2.24) is 10.5 Å². The number of hydrogen-bond acceptors (Lipinski definition) is 7. The van der Waals surface area contributed by atoms with Gasteiger partial charge in [-0.1, -0.05) is 11.6 Å². The number of pyridine rings is 1. The van der Waals surface area contributed by atoms with E-state index in [4.69, 9.17) is 26.8 Å². The fourth-order valence-corrected chi connectivity index (χ4v) is 2.56. The number of aromatic nitrogens is 1. The van der Waals surface area contributed by atoms with Gasteiger partial charge in [0.25, 0.3) is 5.91 Å². The van der Waals surface area contributed by atoms with Gasteiger partial charge in [-0.05, 0) is 28.1 Å². The first-order chi connectivity index (χ1) is 13.3. The lowest BCUT2D eigenvalue weighted by molar-refractivity contribution is -0.0295. The van der Waals surface area contributed by atoms with Crippen molar-refractivity contribution in [1.29, 1.82) is 5.26 Å². The van der Waals surface area contributed by atoms with Gasteiger partial charge in [-0.2, -0.15) is 5.26 Å². The Balaban J connectivity index is 2.36. The highest BCUT2D eigenvalue weighted by Crippen LogP contribution is 2.32. The second-order valence-corrected chi connectivity index (χ2v) is 6.54. The number of nitrogens with one attached hydrogen (secondary N) is 2. The highest BCUT2D eigenvalue weighted by atomic mass is 79.9. The number of carbonyl (C=O) groups is 1. The van der Waals surface area contributed by atoms with Gasteiger partial charge in [0.1, 0.15) is 24.6 Å². The summed E-state index contributed by atoms with van der Waals surface area (Å²) < 4.78 is 28.6. The number of rotatable bonds is 7. The summed E-state index contributed by atoms with van der Waals surface area (Å²) in [6.45, 7) is -1.04. The molecule has 0 radical (unpaired) electrons. The molecule has 2 rings (SSSR count). The van der Waals surface area contributed by atoms with Crippen molar-refractivity contribution in [2.45, 2.75) is 6.10 Å². The van der Waals surface area contributed by atoms with Crippen molar-refractivity contribution < 1.29 is 28.6 Å². The molecule has 0 aliphatic carbocycles. The monoisotopic (exact) mass is 476 g/mol. The number of benzene rings is 1. The van der Waals surface area contributed by atoms with Crippen LogP contribution in [0.1, 0.15) is 15.9 Å². The number of hydrogen-bond donors (Lipinski definition) is 4. The van der Waals surface area contributed by atoms with E-state index in [0.29, 0.717) is 0 Å². The van der Waals surface area contributed by atoms with Crippen LogP contribution in [0.5, 0.6) is 0 Å². The molecule has 148 valence electrons. The topological polar surface area (TPSA) is 128 Å². The van der Waals surface area contributed by atoms with Gasteiger partial charge in [0, 0.05) is 6.20 Å². The number of aliphatic hydroxyl groups excluding tert-OH is 2. The molecule has 2 aromatic rings. The molecular formula is C16H12BrClF2N4O4. The van der Waals surface area contributed by atoms with Gasteiger partial charge < -0.3 is 15.5 Å². The first-order valence-corrected chi connectivity index (χ1v) is 8.66. The van der Waals surface area contributed by atoms with E-state index in [1.54, 1.807) is 0 Å². The Morgan fingerprint density at radius 3 is 2.75 bits per heavy atom. The maximum atomic E-state index is 14.4. The largest absolute Gasteiger partial charge is 0.394 e. The summed E-state index contributed by atoms with van der Waals surface area (Å²) in [4.78, 5) is 20.9. The van der Waals surface area contributed by atoms with Crippen LogP contribution in [0.15, 0.2) is 22.8 Å². The van der Waals surface area contributed by atoms with Crippen LogP contribution < -0.4 is 10.8 Å². The fraction of sp³-hybridized carbons (Fsp3) is 0.188. The minimum Gasteiger partial charge on any atom is -0.394 e. The second kappa shape index (κ2) is 9.72. The molecule has 28 heavy (non-hydrogen) atoms. The van der Waals surface area contributed by atoms with Crippen molar-refractivity contribution >= 4 is 44.9 Å². The van der Waals surface area contributed by atoms with Gasteiger partial charge in [-0.25, -0.2) is 19.2 Å². The molecule has 1 heterocycles. The van der Waals surface area contributed by atoms with E-state index in [1.807, 2.05) is 11.5 Å². The highest BCUT2D eigenvalue weighted by molar-refractivity contribution is 9.10. The molecule has 0 bridgehead atoms. The molecule has 0 fully saturated rings. The molecule has 1 amide bonds. The predicted octanol–water partition coefficient (Wildman–Crippen LogP) is 2.41. The number of hydroxylamine groups is 1. The molecule has 0 aliphatic heterocycles. The highest BCUT2D eigenvalue weighted by Gasteiger charge is 2.23. The lowest BCUT2D eigenvalue weighted by Crippen LogP contribution is -2.30. The minimum absolute atomic E-state index is 0.00490. The summed E-state index contributed by atoms with van der Waals surface area (Å²) in [5.74, 6) is -3.82. The molecule has 1 atom stereocenters. The molecule has 1 aromatic carbocycles. The summed E-state index contributed by atoms with van der Waals surface area (Å²) in [6.07, 6.45) is -0.0543. The number of amides is 1. The van der Waals surface area contributed by atoms with Crippen LogP contribution in [-0.4, -0.2) is 40.4 Å². The first kappa shape index (κ1) is 21.9. The van der Waals surface area contributed by atoms with Crippen LogP contribution in [0.2, 0.25) is 5.02 Å².